The van der Waals surface area contributed by atoms with E-state index in [4.69, 9.17) is 5.11 Å². The van der Waals surface area contributed by atoms with Crippen molar-refractivity contribution in [2.45, 2.75) is 0 Å². The van der Waals surface area contributed by atoms with E-state index in [2.05, 4.69) is 25.4 Å². The average molecular weight is 297 g/mol. The van der Waals surface area contributed by atoms with Crippen molar-refractivity contribution in [3.05, 3.63) is 55.6 Å². The number of phenolic OH excluding ortho intramolecular Hbond substituents is 1. The highest BCUT2D eigenvalue weighted by Crippen LogP contribution is 2.18. The first-order valence-electron chi connectivity index (χ1n) is 6.25. The molecule has 0 unspecified atom stereocenters. The number of para-hydroxylation sites is 1. The van der Waals surface area contributed by atoms with Crippen molar-refractivity contribution in [2.24, 2.45) is 0 Å². The number of carbonyl (C=O) groups is 1. The van der Waals surface area contributed by atoms with Gasteiger partial charge in [-0.1, -0.05) is 6.07 Å². The number of nitrogens with zero attached hydrogens (tertiary/aromatic N) is 6. The molecule has 4 aromatic rings. The molecule has 0 saturated heterocycles. The maximum atomic E-state index is 11.4. The molecular formula is C13H11N7O2. The fraction of sp³-hybridized carbons (Fsp3) is 0. The number of phenols is 1. The van der Waals surface area contributed by atoms with E-state index in [9.17, 15) is 4.79 Å². The zero-order valence-corrected chi connectivity index (χ0v) is 11.2. The molecule has 0 atom stereocenters. The van der Waals surface area contributed by atoms with Gasteiger partial charge < -0.3 is 5.11 Å². The third kappa shape index (κ3) is 2.68. The van der Waals surface area contributed by atoms with Crippen LogP contribution >= 0.6 is 0 Å². The molecule has 1 aromatic carbocycles. The molecular weight excluding hydrogens is 286 g/mol. The van der Waals surface area contributed by atoms with Crippen LogP contribution in [0.15, 0.2) is 55.6 Å². The Balaban J connectivity index is 0.000000133. The average Bonchev–Trinajstić information content (AvgIpc) is 3.28. The number of carbonyl (C=O) groups excluding carboxylic acids is 1. The van der Waals surface area contributed by atoms with E-state index in [0.717, 1.165) is 0 Å². The monoisotopic (exact) mass is 297 g/mol. The van der Waals surface area contributed by atoms with Gasteiger partial charge in [-0.25, -0.2) is 14.8 Å². The minimum absolute atomic E-state index is 0.159. The molecule has 110 valence electrons. The van der Waals surface area contributed by atoms with Crippen molar-refractivity contribution in [2.75, 3.05) is 0 Å². The summed E-state index contributed by atoms with van der Waals surface area (Å²) in [7, 11) is 0. The molecule has 4 rings (SSSR count). The molecule has 2 N–H and O–H groups in total. The number of nitrogens with one attached hydrogen (secondary N) is 1. The Morgan fingerprint density at radius 3 is 2.27 bits per heavy atom. The van der Waals surface area contributed by atoms with E-state index in [-0.39, 0.29) is 11.8 Å². The van der Waals surface area contributed by atoms with E-state index in [0.29, 0.717) is 11.0 Å². The lowest BCUT2D eigenvalue weighted by atomic mass is 10.3. The van der Waals surface area contributed by atoms with Gasteiger partial charge in [0.1, 0.15) is 23.9 Å². The van der Waals surface area contributed by atoms with Gasteiger partial charge in [0.05, 0.1) is 0 Å². The maximum Gasteiger partial charge on any atom is 0.338 e. The third-order valence-electron chi connectivity index (χ3n) is 2.78. The highest BCUT2D eigenvalue weighted by Gasteiger charge is 2.03. The van der Waals surface area contributed by atoms with Gasteiger partial charge in [-0.2, -0.15) is 15.4 Å². The number of hydrogen-bond donors (Lipinski definition) is 2. The molecule has 3 aromatic heterocycles. The van der Waals surface area contributed by atoms with E-state index in [1.54, 1.807) is 43.0 Å². The fourth-order valence-electron chi connectivity index (χ4n) is 1.73. The highest BCUT2D eigenvalue weighted by atomic mass is 16.3. The van der Waals surface area contributed by atoms with Gasteiger partial charge in [0, 0.05) is 24.8 Å². The lowest BCUT2D eigenvalue weighted by molar-refractivity contribution is 0.244. The number of aromatic amines is 1. The van der Waals surface area contributed by atoms with E-state index in [1.165, 1.54) is 21.8 Å². The summed E-state index contributed by atoms with van der Waals surface area (Å²) in [5.41, 5.74) is 1.20. The number of rotatable bonds is 0. The Morgan fingerprint density at radius 1 is 1.05 bits per heavy atom. The molecule has 0 fully saturated rings. The third-order valence-corrected chi connectivity index (χ3v) is 2.78. The summed E-state index contributed by atoms with van der Waals surface area (Å²) in [5, 5.41) is 19.1. The summed E-state index contributed by atoms with van der Waals surface area (Å²) >= 11 is 0. The van der Waals surface area contributed by atoms with Crippen LogP contribution in [0.4, 0.5) is 4.79 Å². The largest absolute Gasteiger partial charge is 0.506 e. The number of hydrogen-bond acceptors (Lipinski definition) is 6. The molecule has 0 aliphatic carbocycles. The van der Waals surface area contributed by atoms with Crippen molar-refractivity contribution >= 4 is 17.1 Å². The normalized spacial score (nSPS) is 10.2. The van der Waals surface area contributed by atoms with Crippen LogP contribution in [0.5, 0.6) is 5.75 Å². The van der Waals surface area contributed by atoms with Gasteiger partial charge in [-0.3, -0.25) is 9.13 Å². The standard InChI is InChI=1S/C7H6N4O.C6H5N3O/c12-7(10-3-1-8-5-10)11-4-2-9-6-11;10-5-3-1-2-4-6(5)8-9-7-4/h1-6H;1-3,10H,(H,7,8,9). The summed E-state index contributed by atoms with van der Waals surface area (Å²) < 4.78 is 2.75. The number of imidazole rings is 2. The molecule has 0 bridgehead atoms. The molecule has 0 spiro atoms. The molecule has 3 heterocycles. The number of aromatic hydroxyl groups is 1. The minimum Gasteiger partial charge on any atom is -0.506 e. The van der Waals surface area contributed by atoms with Crippen molar-refractivity contribution in [3.63, 3.8) is 0 Å². The minimum atomic E-state index is -0.190. The van der Waals surface area contributed by atoms with Gasteiger partial charge in [-0.05, 0) is 12.1 Å². The molecule has 22 heavy (non-hydrogen) atoms. The second-order valence-corrected chi connectivity index (χ2v) is 4.19. The molecule has 0 saturated carbocycles. The first-order chi connectivity index (χ1) is 10.8. The van der Waals surface area contributed by atoms with Crippen LogP contribution in [0.2, 0.25) is 0 Å². The Bertz CT molecular complexity index is 829. The van der Waals surface area contributed by atoms with Crippen molar-refractivity contribution in [3.8, 4) is 5.75 Å². The number of H-pyrrole nitrogens is 1. The van der Waals surface area contributed by atoms with Crippen molar-refractivity contribution in [1.29, 1.82) is 0 Å². The Morgan fingerprint density at radius 2 is 1.73 bits per heavy atom. The highest BCUT2D eigenvalue weighted by molar-refractivity contribution is 5.79. The van der Waals surface area contributed by atoms with Crippen LogP contribution < -0.4 is 0 Å². The van der Waals surface area contributed by atoms with Crippen LogP contribution in [-0.2, 0) is 0 Å². The van der Waals surface area contributed by atoms with Crippen molar-refractivity contribution < 1.29 is 9.90 Å². The van der Waals surface area contributed by atoms with Crippen molar-refractivity contribution in [1.82, 2.24) is 34.5 Å². The molecule has 9 heteroatoms. The lowest BCUT2D eigenvalue weighted by Gasteiger charge is -1.98. The van der Waals surface area contributed by atoms with E-state index >= 15 is 0 Å². The number of aromatic nitrogens is 7. The molecule has 0 radical (unpaired) electrons. The maximum absolute atomic E-state index is 11.4. The molecule has 0 amide bonds. The van der Waals surface area contributed by atoms with Crippen LogP contribution in [0.3, 0.4) is 0 Å². The van der Waals surface area contributed by atoms with E-state index < -0.39 is 0 Å². The zero-order chi connectivity index (χ0) is 15.4. The van der Waals surface area contributed by atoms with Crippen LogP contribution in [0.25, 0.3) is 11.0 Å². The van der Waals surface area contributed by atoms with Gasteiger partial charge in [-0.15, -0.1) is 0 Å². The topological polar surface area (TPSA) is 115 Å². The predicted octanol–water partition coefficient (Wildman–Crippen LogP) is 1.26. The lowest BCUT2D eigenvalue weighted by Crippen LogP contribution is -2.15. The van der Waals surface area contributed by atoms with Gasteiger partial charge in [0.25, 0.3) is 0 Å². The smallest absolute Gasteiger partial charge is 0.338 e. The SMILES string of the molecule is O=C(n1ccnc1)n1ccnc1.Oc1cccc2n[nH]nc12. The summed E-state index contributed by atoms with van der Waals surface area (Å²) in [5.74, 6) is 0.159. The second kappa shape index (κ2) is 5.87. The predicted molar refractivity (Wildman–Crippen MR) is 76.2 cm³/mol. The van der Waals surface area contributed by atoms with Crippen LogP contribution in [0.1, 0.15) is 0 Å². The first-order valence-corrected chi connectivity index (χ1v) is 6.25. The second-order valence-electron chi connectivity index (χ2n) is 4.19. The molecule has 0 aliphatic rings. The van der Waals surface area contributed by atoms with Gasteiger partial charge in [0.15, 0.2) is 5.52 Å². The zero-order valence-electron chi connectivity index (χ0n) is 11.2. The molecule has 9 nitrogen and oxygen atoms in total. The van der Waals surface area contributed by atoms with Crippen LogP contribution in [-0.4, -0.2) is 45.7 Å². The van der Waals surface area contributed by atoms with E-state index in [1.807, 2.05) is 0 Å². The quantitative estimate of drug-likeness (QED) is 0.505. The Kier molecular flexibility index (Phi) is 3.60. The summed E-state index contributed by atoms with van der Waals surface area (Å²) in [4.78, 5) is 18.9. The summed E-state index contributed by atoms with van der Waals surface area (Å²) in [6.07, 6.45) is 9.17. The fourth-order valence-corrected chi connectivity index (χ4v) is 1.73. The first kappa shape index (κ1) is 13.5. The van der Waals surface area contributed by atoms with Gasteiger partial charge >= 0.3 is 6.03 Å². The number of fused-ring (bicyclic) bond motifs is 1. The Labute approximate surface area is 123 Å². The Hall–Kier alpha value is -3.49. The van der Waals surface area contributed by atoms with Crippen LogP contribution in [0, 0.1) is 0 Å². The summed E-state index contributed by atoms with van der Waals surface area (Å²) in [6, 6.07) is 4.88. The number of benzene rings is 1. The summed E-state index contributed by atoms with van der Waals surface area (Å²) in [6.45, 7) is 0. The van der Waals surface area contributed by atoms with Gasteiger partial charge in [0.2, 0.25) is 0 Å². The molecule has 0 aliphatic heterocycles.